The van der Waals surface area contributed by atoms with Gasteiger partial charge in [-0.3, -0.25) is 14.9 Å². The van der Waals surface area contributed by atoms with Crippen LogP contribution in [0.2, 0.25) is 0 Å². The van der Waals surface area contributed by atoms with Crippen LogP contribution in [0.15, 0.2) is 36.7 Å². The van der Waals surface area contributed by atoms with Gasteiger partial charge in [0.2, 0.25) is 0 Å². The largest absolute Gasteiger partial charge is 0.314 e. The van der Waals surface area contributed by atoms with E-state index in [0.717, 1.165) is 37.6 Å². The third kappa shape index (κ3) is 3.12. The van der Waals surface area contributed by atoms with Gasteiger partial charge in [-0.2, -0.15) is 0 Å². The minimum atomic E-state index is 0.147. The Morgan fingerprint density at radius 1 is 1.10 bits per heavy atom. The molecule has 3 heterocycles. The van der Waals surface area contributed by atoms with Gasteiger partial charge in [0.05, 0.1) is 17.4 Å². The van der Waals surface area contributed by atoms with Crippen molar-refractivity contribution < 1.29 is 0 Å². The van der Waals surface area contributed by atoms with Gasteiger partial charge in [0.25, 0.3) is 0 Å². The fourth-order valence-electron chi connectivity index (χ4n) is 2.87. The number of hydrogen-bond donors (Lipinski definition) is 1. The molecule has 3 rings (SSSR count). The Kier molecular flexibility index (Phi) is 4.27. The summed E-state index contributed by atoms with van der Waals surface area (Å²) in [7, 11) is 0. The Morgan fingerprint density at radius 2 is 1.90 bits per heavy atom. The molecule has 0 bridgehead atoms. The highest BCUT2D eigenvalue weighted by atomic mass is 15.2. The second-order valence-corrected chi connectivity index (χ2v) is 5.65. The first-order valence-corrected chi connectivity index (χ1v) is 7.54. The van der Waals surface area contributed by atoms with Gasteiger partial charge in [-0.15, -0.1) is 0 Å². The average Bonchev–Trinajstić information content (AvgIpc) is 2.52. The second kappa shape index (κ2) is 6.33. The molecular weight excluding hydrogens is 260 g/mol. The van der Waals surface area contributed by atoms with Crippen LogP contribution in [0.4, 0.5) is 0 Å². The molecule has 0 amide bonds. The number of pyridine rings is 2. The third-order valence-corrected chi connectivity index (χ3v) is 4.04. The zero-order valence-corrected chi connectivity index (χ0v) is 12.7. The molecule has 0 saturated carbocycles. The maximum atomic E-state index is 4.67. The minimum absolute atomic E-state index is 0.147. The molecule has 4 nitrogen and oxygen atoms in total. The fraction of sp³-hybridized carbons (Fsp3) is 0.412. The lowest BCUT2D eigenvalue weighted by atomic mass is 10.0. The normalized spacial score (nSPS) is 17.6. The van der Waals surface area contributed by atoms with Gasteiger partial charge >= 0.3 is 0 Å². The van der Waals surface area contributed by atoms with Crippen molar-refractivity contribution >= 4 is 0 Å². The monoisotopic (exact) mass is 282 g/mol. The number of aromatic nitrogens is 2. The Balaban J connectivity index is 2.01. The molecule has 21 heavy (non-hydrogen) atoms. The number of nitrogens with zero attached hydrogens (tertiary/aromatic N) is 3. The smallest absolute Gasteiger partial charge is 0.0953 e. The maximum absolute atomic E-state index is 4.67. The van der Waals surface area contributed by atoms with Crippen molar-refractivity contribution in [2.75, 3.05) is 26.2 Å². The van der Waals surface area contributed by atoms with Crippen LogP contribution >= 0.6 is 0 Å². The zero-order valence-electron chi connectivity index (χ0n) is 12.7. The first kappa shape index (κ1) is 14.2. The molecule has 1 aliphatic heterocycles. The standard InChI is InChI=1S/C17H22N4/c1-13-5-6-15(20-12-13)17(21-10-8-18-9-11-21)16-14(2)4-3-7-19-16/h3-7,12,17-18H,8-11H2,1-2H3. The first-order valence-electron chi connectivity index (χ1n) is 7.54. The summed E-state index contributed by atoms with van der Waals surface area (Å²) >= 11 is 0. The topological polar surface area (TPSA) is 41.1 Å². The highest BCUT2D eigenvalue weighted by molar-refractivity contribution is 5.29. The molecule has 0 aromatic carbocycles. The lowest BCUT2D eigenvalue weighted by Crippen LogP contribution is -2.46. The van der Waals surface area contributed by atoms with Crippen molar-refractivity contribution in [1.29, 1.82) is 0 Å². The molecule has 0 radical (unpaired) electrons. The van der Waals surface area contributed by atoms with Crippen LogP contribution < -0.4 is 5.32 Å². The molecule has 1 aliphatic rings. The van der Waals surface area contributed by atoms with E-state index in [1.165, 1.54) is 11.1 Å². The van der Waals surface area contributed by atoms with E-state index in [9.17, 15) is 0 Å². The van der Waals surface area contributed by atoms with Crippen LogP contribution in [0.25, 0.3) is 0 Å². The molecule has 2 aromatic rings. The number of aryl methyl sites for hydroxylation is 2. The summed E-state index contributed by atoms with van der Waals surface area (Å²) in [6.07, 6.45) is 3.83. The summed E-state index contributed by atoms with van der Waals surface area (Å²) < 4.78 is 0. The van der Waals surface area contributed by atoms with E-state index in [4.69, 9.17) is 0 Å². The summed E-state index contributed by atoms with van der Waals surface area (Å²) in [5.41, 5.74) is 4.62. The van der Waals surface area contributed by atoms with Gasteiger partial charge in [0.1, 0.15) is 0 Å². The van der Waals surface area contributed by atoms with Gasteiger partial charge in [0.15, 0.2) is 0 Å². The molecule has 1 N–H and O–H groups in total. The molecule has 0 spiro atoms. The third-order valence-electron chi connectivity index (χ3n) is 4.04. The highest BCUT2D eigenvalue weighted by Gasteiger charge is 2.27. The maximum Gasteiger partial charge on any atom is 0.0953 e. The fourth-order valence-corrected chi connectivity index (χ4v) is 2.87. The first-order chi connectivity index (χ1) is 10.3. The zero-order chi connectivity index (χ0) is 14.7. The molecule has 1 saturated heterocycles. The van der Waals surface area contributed by atoms with Crippen molar-refractivity contribution in [1.82, 2.24) is 20.2 Å². The number of piperazine rings is 1. The summed E-state index contributed by atoms with van der Waals surface area (Å²) in [6.45, 7) is 8.29. The summed E-state index contributed by atoms with van der Waals surface area (Å²) in [5, 5.41) is 3.41. The predicted molar refractivity (Wildman–Crippen MR) is 84.2 cm³/mol. The van der Waals surface area contributed by atoms with E-state index < -0.39 is 0 Å². The van der Waals surface area contributed by atoms with Crippen LogP contribution in [0, 0.1) is 13.8 Å². The van der Waals surface area contributed by atoms with E-state index in [2.05, 4.69) is 52.2 Å². The Hall–Kier alpha value is -1.78. The van der Waals surface area contributed by atoms with Crippen LogP contribution in [0.5, 0.6) is 0 Å². The van der Waals surface area contributed by atoms with Crippen molar-refractivity contribution in [3.63, 3.8) is 0 Å². The van der Waals surface area contributed by atoms with Crippen LogP contribution in [-0.2, 0) is 0 Å². The van der Waals surface area contributed by atoms with E-state index in [1.807, 2.05) is 18.5 Å². The average molecular weight is 282 g/mol. The van der Waals surface area contributed by atoms with Crippen molar-refractivity contribution in [3.8, 4) is 0 Å². The Bertz CT molecular complexity index is 588. The van der Waals surface area contributed by atoms with E-state index in [1.54, 1.807) is 0 Å². The van der Waals surface area contributed by atoms with Gasteiger partial charge in [-0.1, -0.05) is 12.1 Å². The molecule has 4 heteroatoms. The van der Waals surface area contributed by atoms with E-state index in [0.29, 0.717) is 0 Å². The van der Waals surface area contributed by atoms with Gasteiger partial charge in [-0.05, 0) is 37.1 Å². The van der Waals surface area contributed by atoms with Crippen molar-refractivity contribution in [2.24, 2.45) is 0 Å². The Labute approximate surface area is 126 Å². The minimum Gasteiger partial charge on any atom is -0.314 e. The second-order valence-electron chi connectivity index (χ2n) is 5.65. The summed E-state index contributed by atoms with van der Waals surface area (Å²) in [5.74, 6) is 0. The molecular formula is C17H22N4. The summed E-state index contributed by atoms with van der Waals surface area (Å²) in [4.78, 5) is 11.8. The molecule has 1 fully saturated rings. The highest BCUT2D eigenvalue weighted by Crippen LogP contribution is 2.28. The molecule has 110 valence electrons. The van der Waals surface area contributed by atoms with Gasteiger partial charge in [0, 0.05) is 38.6 Å². The number of hydrogen-bond acceptors (Lipinski definition) is 4. The number of nitrogens with one attached hydrogen (secondary N) is 1. The van der Waals surface area contributed by atoms with Gasteiger partial charge < -0.3 is 5.32 Å². The van der Waals surface area contributed by atoms with Crippen LogP contribution in [0.3, 0.4) is 0 Å². The predicted octanol–water partition coefficient (Wildman–Crippen LogP) is 2.09. The molecule has 2 aromatic heterocycles. The van der Waals surface area contributed by atoms with Gasteiger partial charge in [-0.25, -0.2) is 0 Å². The Morgan fingerprint density at radius 3 is 2.57 bits per heavy atom. The van der Waals surface area contributed by atoms with Crippen molar-refractivity contribution in [2.45, 2.75) is 19.9 Å². The lowest BCUT2D eigenvalue weighted by Gasteiger charge is -2.34. The SMILES string of the molecule is Cc1ccc(C(c2ncccc2C)N2CCNCC2)nc1. The number of rotatable bonds is 3. The quantitative estimate of drug-likeness (QED) is 0.936. The van der Waals surface area contributed by atoms with E-state index in [-0.39, 0.29) is 6.04 Å². The van der Waals surface area contributed by atoms with E-state index >= 15 is 0 Å². The lowest BCUT2D eigenvalue weighted by molar-refractivity contribution is 0.192. The summed E-state index contributed by atoms with van der Waals surface area (Å²) in [6, 6.07) is 8.54. The van der Waals surface area contributed by atoms with Crippen LogP contribution in [0.1, 0.15) is 28.6 Å². The molecule has 0 aliphatic carbocycles. The van der Waals surface area contributed by atoms with Crippen LogP contribution in [-0.4, -0.2) is 41.0 Å². The molecule has 1 atom stereocenters. The molecule has 1 unspecified atom stereocenters. The van der Waals surface area contributed by atoms with Crippen molar-refractivity contribution in [3.05, 3.63) is 59.2 Å².